The number of nitriles is 1. The van der Waals surface area contributed by atoms with E-state index in [9.17, 15) is 5.26 Å². The van der Waals surface area contributed by atoms with Crippen molar-refractivity contribution in [3.05, 3.63) is 186 Å². The van der Waals surface area contributed by atoms with Gasteiger partial charge in [-0.25, -0.2) is 9.98 Å². The van der Waals surface area contributed by atoms with Crippen molar-refractivity contribution in [3.8, 4) is 22.9 Å². The van der Waals surface area contributed by atoms with E-state index in [-0.39, 0.29) is 6.17 Å². The highest BCUT2D eigenvalue weighted by atomic mass is 32.1. The summed E-state index contributed by atoms with van der Waals surface area (Å²) in [5.74, 6) is 1.32. The highest BCUT2D eigenvalue weighted by Gasteiger charge is 2.22. The van der Waals surface area contributed by atoms with Crippen LogP contribution in [0.25, 0.3) is 58.8 Å². The number of amidine groups is 2. The van der Waals surface area contributed by atoms with Crippen LogP contribution in [-0.2, 0) is 0 Å². The molecule has 3 heterocycles. The fourth-order valence-corrected chi connectivity index (χ4v) is 8.66. The number of para-hydroxylation sites is 1. The van der Waals surface area contributed by atoms with Crippen molar-refractivity contribution in [1.29, 1.82) is 5.26 Å². The van der Waals surface area contributed by atoms with Gasteiger partial charge in [0.2, 0.25) is 0 Å². The summed E-state index contributed by atoms with van der Waals surface area (Å²) in [5, 5.41) is 18.1. The van der Waals surface area contributed by atoms with Gasteiger partial charge < -0.3 is 9.88 Å². The molecule has 0 aliphatic carbocycles. The Labute approximate surface area is 304 Å². The van der Waals surface area contributed by atoms with Crippen molar-refractivity contribution in [2.45, 2.75) is 6.17 Å². The summed E-state index contributed by atoms with van der Waals surface area (Å²) in [6.45, 7) is 0. The molecule has 10 rings (SSSR count). The van der Waals surface area contributed by atoms with Crippen molar-refractivity contribution in [2.24, 2.45) is 9.98 Å². The molecule has 0 saturated carbocycles. The molecule has 1 atom stereocenters. The first-order chi connectivity index (χ1) is 25.7. The molecule has 244 valence electrons. The first kappa shape index (κ1) is 30.1. The van der Waals surface area contributed by atoms with Crippen LogP contribution < -0.4 is 5.32 Å². The van der Waals surface area contributed by atoms with Gasteiger partial charge in [0, 0.05) is 47.8 Å². The number of nitrogens with one attached hydrogen (secondary N) is 1. The maximum absolute atomic E-state index is 9.56. The third kappa shape index (κ3) is 4.98. The molecule has 0 amide bonds. The van der Waals surface area contributed by atoms with Crippen LogP contribution in [0.4, 0.5) is 0 Å². The van der Waals surface area contributed by atoms with Crippen LogP contribution in [0.1, 0.15) is 28.4 Å². The molecule has 52 heavy (non-hydrogen) atoms. The molecule has 1 unspecified atom stereocenters. The summed E-state index contributed by atoms with van der Waals surface area (Å²) < 4.78 is 4.98. The Kier molecular flexibility index (Phi) is 7.05. The number of thiophene rings is 1. The topological polar surface area (TPSA) is 65.5 Å². The van der Waals surface area contributed by atoms with Crippen LogP contribution in [0.2, 0.25) is 0 Å². The summed E-state index contributed by atoms with van der Waals surface area (Å²) in [6.07, 6.45) is -0.324. The molecule has 9 aromatic rings. The summed E-state index contributed by atoms with van der Waals surface area (Å²) in [6, 6.07) is 59.3. The van der Waals surface area contributed by atoms with Crippen LogP contribution in [-0.4, -0.2) is 16.2 Å². The Hall–Kier alpha value is -6.81. The number of rotatable bonds is 5. The predicted molar refractivity (Wildman–Crippen MR) is 216 cm³/mol. The predicted octanol–water partition coefficient (Wildman–Crippen LogP) is 11.2. The lowest BCUT2D eigenvalue weighted by atomic mass is 10.0. The van der Waals surface area contributed by atoms with Gasteiger partial charge in [0.1, 0.15) is 12.0 Å². The monoisotopic (exact) mass is 683 g/mol. The van der Waals surface area contributed by atoms with Gasteiger partial charge >= 0.3 is 0 Å². The van der Waals surface area contributed by atoms with E-state index in [2.05, 4.69) is 137 Å². The van der Waals surface area contributed by atoms with Crippen molar-refractivity contribution in [1.82, 2.24) is 9.88 Å². The van der Waals surface area contributed by atoms with Crippen LogP contribution in [0, 0.1) is 11.3 Å². The molecule has 0 spiro atoms. The average molecular weight is 684 g/mol. The van der Waals surface area contributed by atoms with E-state index in [4.69, 9.17) is 9.98 Å². The van der Waals surface area contributed by atoms with Crippen LogP contribution >= 0.6 is 11.3 Å². The fourth-order valence-electron chi connectivity index (χ4n) is 7.42. The maximum atomic E-state index is 9.56. The highest BCUT2D eigenvalue weighted by Crippen LogP contribution is 2.41. The molecule has 0 bridgehead atoms. The number of aliphatic imine (C=N–C) groups is 2. The molecule has 6 heteroatoms. The lowest BCUT2D eigenvalue weighted by Crippen LogP contribution is -2.33. The second-order valence-electron chi connectivity index (χ2n) is 13.0. The molecule has 0 radical (unpaired) electrons. The van der Waals surface area contributed by atoms with E-state index in [0.29, 0.717) is 17.2 Å². The molecular weight excluding hydrogens is 655 g/mol. The van der Waals surface area contributed by atoms with Crippen LogP contribution in [0.15, 0.2) is 174 Å². The lowest BCUT2D eigenvalue weighted by Gasteiger charge is -2.23. The van der Waals surface area contributed by atoms with Gasteiger partial charge in [0.15, 0.2) is 5.84 Å². The quantitative estimate of drug-likeness (QED) is 0.196. The Morgan fingerprint density at radius 1 is 0.596 bits per heavy atom. The van der Waals surface area contributed by atoms with Gasteiger partial charge in [-0.2, -0.15) is 5.26 Å². The largest absolute Gasteiger partial charge is 0.344 e. The lowest BCUT2D eigenvalue weighted by molar-refractivity contribution is 0.674. The summed E-state index contributed by atoms with van der Waals surface area (Å²) in [7, 11) is 0. The van der Waals surface area contributed by atoms with Crippen molar-refractivity contribution in [3.63, 3.8) is 0 Å². The van der Waals surface area contributed by atoms with E-state index in [1.807, 2.05) is 47.7 Å². The smallest absolute Gasteiger partial charge is 0.159 e. The Morgan fingerprint density at radius 3 is 2.19 bits per heavy atom. The minimum Gasteiger partial charge on any atom is -0.344 e. The summed E-state index contributed by atoms with van der Waals surface area (Å²) in [5.41, 5.74) is 9.20. The Morgan fingerprint density at radius 2 is 1.33 bits per heavy atom. The van der Waals surface area contributed by atoms with Gasteiger partial charge in [0.25, 0.3) is 0 Å². The minimum atomic E-state index is -0.324. The second kappa shape index (κ2) is 12.2. The standard InChI is InChI=1S/C46H29N5S/c47-28-29-10-8-13-33(26-29)46-49-44(30-11-2-1-3-12-30)48-45(50-46)31-20-23-34(24-21-31)51-40-18-6-4-14-36(40)37-25-22-32(27-41(37)51)35-16-9-17-39-38-15-5-7-19-42(38)52-43(35)39/h1-27,44H,(H,48,49,50). The first-order valence-corrected chi connectivity index (χ1v) is 18.1. The first-order valence-electron chi connectivity index (χ1n) is 17.2. The Balaban J connectivity index is 1.09. The molecule has 2 aromatic heterocycles. The van der Waals surface area contributed by atoms with Gasteiger partial charge in [-0.3, -0.25) is 0 Å². The number of fused-ring (bicyclic) bond motifs is 6. The highest BCUT2D eigenvalue weighted by molar-refractivity contribution is 7.26. The number of hydrogen-bond donors (Lipinski definition) is 1. The molecule has 5 nitrogen and oxygen atoms in total. The minimum absolute atomic E-state index is 0.324. The molecule has 7 aromatic carbocycles. The molecule has 0 saturated heterocycles. The van der Waals surface area contributed by atoms with Gasteiger partial charge in [-0.1, -0.05) is 109 Å². The maximum Gasteiger partial charge on any atom is 0.159 e. The van der Waals surface area contributed by atoms with Crippen molar-refractivity contribution < 1.29 is 0 Å². The molecule has 0 fully saturated rings. The van der Waals surface area contributed by atoms with E-state index < -0.39 is 0 Å². The zero-order valence-corrected chi connectivity index (χ0v) is 28.7. The molecule has 1 aliphatic rings. The average Bonchev–Trinajstić information content (AvgIpc) is 3.77. The fraction of sp³-hybridized carbons (Fsp3) is 0.0217. The van der Waals surface area contributed by atoms with Gasteiger partial charge in [0.05, 0.1) is 22.7 Å². The van der Waals surface area contributed by atoms with Crippen LogP contribution in [0.3, 0.4) is 0 Å². The number of nitrogens with zero attached hydrogens (tertiary/aromatic N) is 4. The van der Waals surface area contributed by atoms with Gasteiger partial charge in [-0.05, 0) is 71.3 Å². The molecular formula is C46H29N5S. The zero-order valence-electron chi connectivity index (χ0n) is 27.9. The number of benzene rings is 7. The van der Waals surface area contributed by atoms with Gasteiger partial charge in [-0.15, -0.1) is 11.3 Å². The summed E-state index contributed by atoms with van der Waals surface area (Å²) in [4.78, 5) is 10.1. The van der Waals surface area contributed by atoms with E-state index >= 15 is 0 Å². The molecule has 1 N–H and O–H groups in total. The Bertz CT molecular complexity index is 2940. The van der Waals surface area contributed by atoms with E-state index in [1.54, 1.807) is 6.07 Å². The third-order valence-corrected chi connectivity index (χ3v) is 11.1. The van der Waals surface area contributed by atoms with Crippen molar-refractivity contribution >= 4 is 65.0 Å². The third-order valence-electron chi connectivity index (χ3n) is 9.90. The van der Waals surface area contributed by atoms with Crippen molar-refractivity contribution in [2.75, 3.05) is 0 Å². The summed E-state index contributed by atoms with van der Waals surface area (Å²) >= 11 is 1.86. The number of aromatic nitrogens is 1. The molecule has 1 aliphatic heterocycles. The number of hydrogen-bond acceptors (Lipinski definition) is 5. The second-order valence-corrected chi connectivity index (χ2v) is 14.0. The van der Waals surface area contributed by atoms with E-state index in [0.717, 1.165) is 33.4 Å². The SMILES string of the molecule is N#Cc1cccc(C2=NC(c3ccc(-n4c5ccccc5c5ccc(-c6cccc7c6sc6ccccc67)cc54)cc3)=NC(c3ccccc3)N2)c1. The van der Waals surface area contributed by atoms with Crippen LogP contribution in [0.5, 0.6) is 0 Å². The zero-order chi connectivity index (χ0) is 34.6. The normalized spacial score (nSPS) is 14.3. The van der Waals surface area contributed by atoms with E-state index in [1.165, 1.54) is 42.1 Å².